The average molecular weight is 375 g/mol. The second-order valence-corrected chi connectivity index (χ2v) is 8.28. The molecule has 0 heterocycles. The van der Waals surface area contributed by atoms with Crippen molar-refractivity contribution in [1.29, 1.82) is 0 Å². The van der Waals surface area contributed by atoms with Crippen molar-refractivity contribution in [3.63, 3.8) is 0 Å². The van der Waals surface area contributed by atoms with Gasteiger partial charge in [0, 0.05) is 25.0 Å². The van der Waals surface area contributed by atoms with Crippen LogP contribution in [-0.4, -0.2) is 18.7 Å². The smallest absolute Gasteiger partial charge is 0.308 e. The van der Waals surface area contributed by atoms with E-state index in [-0.39, 0.29) is 5.97 Å². The average Bonchev–Trinajstić information content (AvgIpc) is 2.70. The molecule has 0 amide bonds. The summed E-state index contributed by atoms with van der Waals surface area (Å²) in [6, 6.07) is 26.6. The molecule has 136 valence electrons. The quantitative estimate of drug-likeness (QED) is 0.294. The van der Waals surface area contributed by atoms with Crippen molar-refractivity contribution in [1.82, 2.24) is 0 Å². The number of carbonyl (C=O) groups is 1. The number of aliphatic imine (C=N–C) groups is 1. The SMILES string of the molecule is C/N=C(\C)c1ccc(OC(C)=O)c(P(c2ccccc2)c2ccccc2)c1. The van der Waals surface area contributed by atoms with Crippen molar-refractivity contribution >= 4 is 35.5 Å². The molecule has 0 atom stereocenters. The molecule has 4 heteroatoms. The Balaban J connectivity index is 2.25. The fourth-order valence-electron chi connectivity index (χ4n) is 2.87. The van der Waals surface area contributed by atoms with Crippen molar-refractivity contribution < 1.29 is 9.53 Å². The molecule has 3 aromatic rings. The molecule has 0 aliphatic rings. The molecule has 0 fully saturated rings. The standard InChI is InChI=1S/C23H22NO2P/c1-17(24-3)19-14-15-22(26-18(2)25)23(16-19)27(20-10-6-4-7-11-20)21-12-8-5-9-13-21/h4-16H,1-3H3/b24-17+. The van der Waals surface area contributed by atoms with Gasteiger partial charge in [0.15, 0.2) is 0 Å². The molecule has 0 aromatic heterocycles. The van der Waals surface area contributed by atoms with Gasteiger partial charge in [-0.3, -0.25) is 9.79 Å². The van der Waals surface area contributed by atoms with Crippen LogP contribution in [-0.2, 0) is 4.79 Å². The van der Waals surface area contributed by atoms with E-state index in [1.54, 1.807) is 7.05 Å². The van der Waals surface area contributed by atoms with Gasteiger partial charge in [0.05, 0.1) is 0 Å². The zero-order chi connectivity index (χ0) is 19.2. The Hall–Kier alpha value is -2.77. The molecule has 27 heavy (non-hydrogen) atoms. The summed E-state index contributed by atoms with van der Waals surface area (Å²) < 4.78 is 5.58. The van der Waals surface area contributed by atoms with Gasteiger partial charge in [0.25, 0.3) is 0 Å². The highest BCUT2D eigenvalue weighted by Crippen LogP contribution is 2.37. The summed E-state index contributed by atoms with van der Waals surface area (Å²) >= 11 is 0. The first-order valence-corrected chi connectivity index (χ1v) is 10.1. The van der Waals surface area contributed by atoms with Crippen molar-refractivity contribution in [2.45, 2.75) is 13.8 Å². The molecule has 0 saturated heterocycles. The summed E-state index contributed by atoms with van der Waals surface area (Å²) in [6.07, 6.45) is 0. The summed E-state index contributed by atoms with van der Waals surface area (Å²) in [4.78, 5) is 16.0. The molecule has 0 bridgehead atoms. The number of esters is 1. The maximum Gasteiger partial charge on any atom is 0.308 e. The molecule has 0 radical (unpaired) electrons. The van der Waals surface area contributed by atoms with Crippen LogP contribution in [0.2, 0.25) is 0 Å². The van der Waals surface area contributed by atoms with E-state index >= 15 is 0 Å². The van der Waals surface area contributed by atoms with Gasteiger partial charge in [-0.15, -0.1) is 0 Å². The van der Waals surface area contributed by atoms with Crippen LogP contribution in [0.3, 0.4) is 0 Å². The Morgan fingerprint density at radius 3 is 1.89 bits per heavy atom. The normalized spacial score (nSPS) is 11.5. The van der Waals surface area contributed by atoms with Crippen LogP contribution in [0.25, 0.3) is 0 Å². The minimum atomic E-state index is -0.876. The Labute approximate surface area is 161 Å². The van der Waals surface area contributed by atoms with Crippen LogP contribution in [0.5, 0.6) is 5.75 Å². The highest BCUT2D eigenvalue weighted by molar-refractivity contribution is 7.80. The Morgan fingerprint density at radius 1 is 0.852 bits per heavy atom. The number of benzene rings is 3. The first kappa shape index (κ1) is 19.0. The zero-order valence-electron chi connectivity index (χ0n) is 15.7. The monoisotopic (exact) mass is 375 g/mol. The number of hydrogen-bond acceptors (Lipinski definition) is 3. The fourth-order valence-corrected chi connectivity index (χ4v) is 5.27. The van der Waals surface area contributed by atoms with E-state index < -0.39 is 7.92 Å². The third-order valence-electron chi connectivity index (χ3n) is 4.24. The van der Waals surface area contributed by atoms with E-state index in [1.807, 2.05) is 55.5 Å². The lowest BCUT2D eigenvalue weighted by molar-refractivity contribution is -0.131. The fraction of sp³-hybridized carbons (Fsp3) is 0.130. The van der Waals surface area contributed by atoms with Gasteiger partial charge >= 0.3 is 5.97 Å². The molecule has 0 saturated carbocycles. The second-order valence-electron chi connectivity index (χ2n) is 6.09. The topological polar surface area (TPSA) is 38.7 Å². The van der Waals surface area contributed by atoms with Gasteiger partial charge in [-0.25, -0.2) is 0 Å². The third kappa shape index (κ3) is 4.50. The van der Waals surface area contributed by atoms with Crippen LogP contribution < -0.4 is 20.7 Å². The number of carbonyl (C=O) groups excluding carboxylic acids is 1. The van der Waals surface area contributed by atoms with Crippen molar-refractivity contribution in [3.8, 4) is 5.75 Å². The first-order valence-electron chi connectivity index (χ1n) is 8.76. The minimum absolute atomic E-state index is 0.319. The van der Waals surface area contributed by atoms with E-state index in [2.05, 4.69) is 35.3 Å². The Kier molecular flexibility index (Phi) is 6.16. The van der Waals surface area contributed by atoms with Crippen LogP contribution in [0.15, 0.2) is 83.9 Å². The molecule has 0 aliphatic carbocycles. The number of hydrogen-bond donors (Lipinski definition) is 0. The summed E-state index contributed by atoms with van der Waals surface area (Å²) in [5.41, 5.74) is 1.98. The van der Waals surface area contributed by atoms with Gasteiger partial charge in [-0.2, -0.15) is 0 Å². The van der Waals surface area contributed by atoms with E-state index in [0.717, 1.165) is 16.6 Å². The van der Waals surface area contributed by atoms with E-state index in [1.165, 1.54) is 17.5 Å². The Bertz CT molecular complexity index is 913. The molecule has 3 nitrogen and oxygen atoms in total. The third-order valence-corrected chi connectivity index (χ3v) is 6.70. The maximum absolute atomic E-state index is 11.7. The molecule has 0 spiro atoms. The lowest BCUT2D eigenvalue weighted by Gasteiger charge is -2.22. The van der Waals surface area contributed by atoms with E-state index in [0.29, 0.717) is 5.75 Å². The van der Waals surface area contributed by atoms with Crippen LogP contribution in [0.1, 0.15) is 19.4 Å². The molecule has 3 aromatic carbocycles. The summed E-state index contributed by atoms with van der Waals surface area (Å²) in [6.45, 7) is 3.42. The van der Waals surface area contributed by atoms with Crippen molar-refractivity contribution in [2.24, 2.45) is 4.99 Å². The maximum atomic E-state index is 11.7. The van der Waals surface area contributed by atoms with Gasteiger partial charge in [-0.05, 0) is 49.2 Å². The molecule has 0 N–H and O–H groups in total. The lowest BCUT2D eigenvalue weighted by atomic mass is 10.1. The van der Waals surface area contributed by atoms with Gasteiger partial charge < -0.3 is 4.74 Å². The van der Waals surface area contributed by atoms with Gasteiger partial charge in [-0.1, -0.05) is 60.7 Å². The van der Waals surface area contributed by atoms with Gasteiger partial charge in [0.1, 0.15) is 5.75 Å². The lowest BCUT2D eigenvalue weighted by Crippen LogP contribution is -2.23. The highest BCUT2D eigenvalue weighted by atomic mass is 31.1. The van der Waals surface area contributed by atoms with Crippen LogP contribution in [0.4, 0.5) is 0 Å². The molecular formula is C23H22NO2P. The number of rotatable bonds is 5. The Morgan fingerprint density at radius 2 is 1.41 bits per heavy atom. The molecule has 3 rings (SSSR count). The van der Waals surface area contributed by atoms with E-state index in [4.69, 9.17) is 4.74 Å². The summed E-state index contributed by atoms with van der Waals surface area (Å²) in [5, 5.41) is 3.42. The minimum Gasteiger partial charge on any atom is -0.426 e. The predicted octanol–water partition coefficient (Wildman–Crippen LogP) is 3.81. The highest BCUT2D eigenvalue weighted by Gasteiger charge is 2.22. The number of ether oxygens (including phenoxy) is 1. The molecular weight excluding hydrogens is 353 g/mol. The van der Waals surface area contributed by atoms with Crippen LogP contribution in [0, 0.1) is 0 Å². The number of nitrogens with zero attached hydrogens (tertiary/aromatic N) is 1. The predicted molar refractivity (Wildman–Crippen MR) is 115 cm³/mol. The second kappa shape index (κ2) is 8.75. The largest absolute Gasteiger partial charge is 0.426 e. The molecule has 0 unspecified atom stereocenters. The summed E-state index contributed by atoms with van der Waals surface area (Å²) in [7, 11) is 0.908. The van der Waals surface area contributed by atoms with Gasteiger partial charge in [0.2, 0.25) is 0 Å². The van der Waals surface area contributed by atoms with Crippen LogP contribution >= 0.6 is 7.92 Å². The summed E-state index contributed by atoms with van der Waals surface area (Å²) in [5.74, 6) is 0.287. The van der Waals surface area contributed by atoms with E-state index in [9.17, 15) is 4.79 Å². The van der Waals surface area contributed by atoms with Crippen molar-refractivity contribution in [3.05, 3.63) is 84.4 Å². The molecule has 0 aliphatic heterocycles. The van der Waals surface area contributed by atoms with Crippen molar-refractivity contribution in [2.75, 3.05) is 7.05 Å². The first-order chi connectivity index (χ1) is 13.1. The zero-order valence-corrected chi connectivity index (χ0v) is 16.6.